The molecule has 0 bridgehead atoms. The van der Waals surface area contributed by atoms with Gasteiger partial charge in [0.25, 0.3) is 0 Å². The molecular weight excluding hydrogens is 316 g/mol. The average molecular weight is 345 g/mol. The average Bonchev–Trinajstić information content (AvgIpc) is 2.49. The number of rotatable bonds is 11. The minimum atomic E-state index is -3.21. The van der Waals surface area contributed by atoms with Crippen LogP contribution in [0.4, 0.5) is 0 Å². The van der Waals surface area contributed by atoms with Crippen LogP contribution in [0.5, 0.6) is 0 Å². The van der Waals surface area contributed by atoms with E-state index in [1.165, 1.54) is 0 Å². The van der Waals surface area contributed by atoms with E-state index in [2.05, 4.69) is 0 Å². The quantitative estimate of drug-likeness (QED) is 0.577. The molecule has 0 spiro atoms. The number of benzene rings is 1. The number of hydrogen-bond acceptors (Lipinski definition) is 5. The van der Waals surface area contributed by atoms with E-state index < -0.39 is 17.6 Å². The lowest BCUT2D eigenvalue weighted by molar-refractivity contribution is -0.000645. The van der Waals surface area contributed by atoms with Crippen LogP contribution < -0.4 is 5.19 Å². The summed E-state index contributed by atoms with van der Waals surface area (Å²) in [5, 5.41) is 1.04. The molecule has 0 N–H and O–H groups in total. The van der Waals surface area contributed by atoms with Crippen molar-refractivity contribution < 1.29 is 21.8 Å². The third-order valence-electron chi connectivity index (χ3n) is 3.00. The van der Waals surface area contributed by atoms with Gasteiger partial charge in [0.05, 0.1) is 0 Å². The Bertz CT molecular complexity index is 401. The lowest BCUT2D eigenvalue weighted by Gasteiger charge is -2.35. The molecule has 7 heteroatoms. The van der Waals surface area contributed by atoms with Crippen LogP contribution in [0.15, 0.2) is 30.3 Å². The molecule has 1 unspecified atom stereocenters. The molecule has 0 amide bonds. The molecule has 0 fully saturated rings. The van der Waals surface area contributed by atoms with Crippen molar-refractivity contribution in [3.05, 3.63) is 30.3 Å². The standard InChI is InChI=1S/C15H28O5Si2/c1-6-16-21(5,15-13-11-10-12-14-15)20-22(17-7-2,18-8-3)19-9-4/h10-14H,6-9H2,1-5H3. The first-order chi connectivity index (χ1) is 10.6. The fourth-order valence-corrected chi connectivity index (χ4v) is 8.32. The van der Waals surface area contributed by atoms with Gasteiger partial charge in [-0.15, -0.1) is 0 Å². The van der Waals surface area contributed by atoms with Gasteiger partial charge in [-0.25, -0.2) is 0 Å². The van der Waals surface area contributed by atoms with E-state index in [1.54, 1.807) is 0 Å². The summed E-state index contributed by atoms with van der Waals surface area (Å²) in [5.74, 6) is 0. The molecule has 0 aliphatic heterocycles. The Kier molecular flexibility index (Phi) is 8.47. The van der Waals surface area contributed by atoms with E-state index in [9.17, 15) is 0 Å². The molecule has 126 valence electrons. The Labute approximate surface area is 136 Å². The van der Waals surface area contributed by atoms with Gasteiger partial charge in [0, 0.05) is 26.4 Å². The topological polar surface area (TPSA) is 46.2 Å². The SMILES string of the molecule is CCO[Si](OCC)(OCC)O[Si](C)(OCC)c1ccccc1. The Morgan fingerprint density at radius 3 is 1.59 bits per heavy atom. The zero-order valence-electron chi connectivity index (χ0n) is 14.3. The van der Waals surface area contributed by atoms with E-state index in [4.69, 9.17) is 21.8 Å². The smallest absolute Gasteiger partial charge is 0.392 e. The van der Waals surface area contributed by atoms with Crippen molar-refractivity contribution >= 4 is 22.8 Å². The maximum atomic E-state index is 6.36. The Balaban J connectivity index is 3.12. The van der Waals surface area contributed by atoms with Gasteiger partial charge in [-0.2, -0.15) is 0 Å². The third kappa shape index (κ3) is 5.27. The summed E-state index contributed by atoms with van der Waals surface area (Å²) in [6.07, 6.45) is 0. The first-order valence-corrected chi connectivity index (χ1v) is 11.8. The van der Waals surface area contributed by atoms with Crippen LogP contribution in [-0.2, 0) is 21.8 Å². The Morgan fingerprint density at radius 2 is 1.18 bits per heavy atom. The van der Waals surface area contributed by atoms with Gasteiger partial charge < -0.3 is 21.8 Å². The lowest BCUT2D eigenvalue weighted by Crippen LogP contribution is -2.63. The molecule has 1 atom stereocenters. The second kappa shape index (κ2) is 9.56. The fourth-order valence-electron chi connectivity index (χ4n) is 2.17. The molecule has 1 aromatic carbocycles. The van der Waals surface area contributed by atoms with Gasteiger partial charge in [0.15, 0.2) is 0 Å². The van der Waals surface area contributed by atoms with Gasteiger partial charge in [-0.1, -0.05) is 30.3 Å². The summed E-state index contributed by atoms with van der Waals surface area (Å²) in [6, 6.07) is 9.97. The molecular formula is C15H28O5Si2. The molecule has 5 nitrogen and oxygen atoms in total. The highest BCUT2D eigenvalue weighted by Gasteiger charge is 2.53. The summed E-state index contributed by atoms with van der Waals surface area (Å²) >= 11 is 0. The fraction of sp³-hybridized carbons (Fsp3) is 0.600. The van der Waals surface area contributed by atoms with Crippen molar-refractivity contribution in [2.24, 2.45) is 0 Å². The molecule has 0 aliphatic rings. The highest BCUT2D eigenvalue weighted by molar-refractivity contribution is 6.85. The molecule has 0 heterocycles. The predicted octanol–water partition coefficient (Wildman–Crippen LogP) is 2.56. The molecule has 1 aromatic rings. The van der Waals surface area contributed by atoms with E-state index in [-0.39, 0.29) is 0 Å². The van der Waals surface area contributed by atoms with Crippen LogP contribution in [0.25, 0.3) is 0 Å². The van der Waals surface area contributed by atoms with Gasteiger partial charge in [-0.05, 0) is 39.4 Å². The van der Waals surface area contributed by atoms with E-state index in [1.807, 2.05) is 64.6 Å². The van der Waals surface area contributed by atoms with Gasteiger partial charge in [-0.3, -0.25) is 0 Å². The highest BCUT2D eigenvalue weighted by atomic mass is 28.5. The summed E-state index contributed by atoms with van der Waals surface area (Å²) in [4.78, 5) is 0. The molecule has 0 aliphatic carbocycles. The van der Waals surface area contributed by atoms with Crippen molar-refractivity contribution in [2.45, 2.75) is 34.2 Å². The first-order valence-electron chi connectivity index (χ1n) is 7.87. The summed E-state index contributed by atoms with van der Waals surface area (Å²) < 4.78 is 29.8. The van der Waals surface area contributed by atoms with Crippen LogP contribution in [0.2, 0.25) is 6.55 Å². The maximum Gasteiger partial charge on any atom is 0.670 e. The van der Waals surface area contributed by atoms with Crippen LogP contribution in [0.3, 0.4) is 0 Å². The first kappa shape index (κ1) is 19.5. The maximum absolute atomic E-state index is 6.36. The molecule has 0 saturated carbocycles. The minimum Gasteiger partial charge on any atom is -0.392 e. The van der Waals surface area contributed by atoms with E-state index in [0.717, 1.165) is 5.19 Å². The monoisotopic (exact) mass is 344 g/mol. The van der Waals surface area contributed by atoms with Crippen molar-refractivity contribution in [2.75, 3.05) is 26.4 Å². The van der Waals surface area contributed by atoms with Crippen LogP contribution >= 0.6 is 0 Å². The molecule has 0 saturated heterocycles. The highest BCUT2D eigenvalue weighted by Crippen LogP contribution is 2.20. The summed E-state index contributed by atoms with van der Waals surface area (Å²) in [7, 11) is -5.90. The van der Waals surface area contributed by atoms with E-state index >= 15 is 0 Å². The van der Waals surface area contributed by atoms with Gasteiger partial charge in [0.1, 0.15) is 0 Å². The summed E-state index contributed by atoms with van der Waals surface area (Å²) in [5.41, 5.74) is 0. The lowest BCUT2D eigenvalue weighted by atomic mass is 10.4. The second-order valence-corrected chi connectivity index (χ2v) is 10.1. The normalized spacial score (nSPS) is 14.8. The second-order valence-electron chi connectivity index (χ2n) is 4.65. The minimum absolute atomic E-state index is 0.470. The van der Waals surface area contributed by atoms with Crippen LogP contribution in [-0.4, -0.2) is 44.0 Å². The predicted molar refractivity (Wildman–Crippen MR) is 91.0 cm³/mol. The molecule has 0 aromatic heterocycles. The van der Waals surface area contributed by atoms with Gasteiger partial charge >= 0.3 is 17.6 Å². The van der Waals surface area contributed by atoms with Crippen molar-refractivity contribution in [1.29, 1.82) is 0 Å². The van der Waals surface area contributed by atoms with Crippen LogP contribution in [0.1, 0.15) is 27.7 Å². The zero-order chi connectivity index (χ0) is 16.5. The largest absolute Gasteiger partial charge is 0.670 e. The van der Waals surface area contributed by atoms with Crippen molar-refractivity contribution in [3.8, 4) is 0 Å². The Morgan fingerprint density at radius 1 is 0.727 bits per heavy atom. The van der Waals surface area contributed by atoms with E-state index in [0.29, 0.717) is 26.4 Å². The number of hydrogen-bond donors (Lipinski definition) is 0. The molecule has 0 radical (unpaired) electrons. The molecule has 1 rings (SSSR count). The van der Waals surface area contributed by atoms with Crippen LogP contribution in [0, 0.1) is 0 Å². The van der Waals surface area contributed by atoms with Crippen molar-refractivity contribution in [3.63, 3.8) is 0 Å². The summed E-state index contributed by atoms with van der Waals surface area (Å²) in [6.45, 7) is 11.7. The van der Waals surface area contributed by atoms with Gasteiger partial charge in [0.2, 0.25) is 0 Å². The third-order valence-corrected chi connectivity index (χ3v) is 9.71. The van der Waals surface area contributed by atoms with Crippen molar-refractivity contribution in [1.82, 2.24) is 0 Å². The zero-order valence-corrected chi connectivity index (χ0v) is 16.3. The molecule has 22 heavy (non-hydrogen) atoms. The Hall–Kier alpha value is -0.546.